The van der Waals surface area contributed by atoms with Crippen LogP contribution >= 0.6 is 0 Å². The van der Waals surface area contributed by atoms with E-state index in [1.54, 1.807) is 7.11 Å². The van der Waals surface area contributed by atoms with E-state index < -0.39 is 0 Å². The summed E-state index contributed by atoms with van der Waals surface area (Å²) in [5.41, 5.74) is 1.37. The topological polar surface area (TPSA) is 92.4 Å². The highest BCUT2D eigenvalue weighted by atomic mass is 16.5. The minimum Gasteiger partial charge on any atom is -0.497 e. The number of carbonyl (C=O) groups excluding carboxylic acids is 2. The van der Waals surface area contributed by atoms with Gasteiger partial charge in [0.05, 0.1) is 7.11 Å². The first-order valence-electron chi connectivity index (χ1n) is 8.04. The Balaban J connectivity index is 2.29. The van der Waals surface area contributed by atoms with Crippen molar-refractivity contribution >= 4 is 11.8 Å². The number of methoxy groups -OCH3 is 1. The largest absolute Gasteiger partial charge is 0.497 e. The summed E-state index contributed by atoms with van der Waals surface area (Å²) in [6.07, 6.45) is -0.337. The summed E-state index contributed by atoms with van der Waals surface area (Å²) in [7, 11) is 3.11. The molecule has 2 amide bonds. The van der Waals surface area contributed by atoms with Gasteiger partial charge in [-0.3, -0.25) is 9.59 Å². The molecule has 7 heteroatoms. The van der Waals surface area contributed by atoms with Gasteiger partial charge in [0.2, 0.25) is 0 Å². The third kappa shape index (κ3) is 4.32. The van der Waals surface area contributed by atoms with Crippen LogP contribution < -0.4 is 20.1 Å². The molecule has 3 N–H and O–H groups in total. The van der Waals surface area contributed by atoms with Crippen LogP contribution in [-0.4, -0.2) is 37.5 Å². The minimum absolute atomic E-state index is 0.207. The van der Waals surface area contributed by atoms with E-state index in [0.717, 1.165) is 11.3 Å². The van der Waals surface area contributed by atoms with Crippen molar-refractivity contribution < 1.29 is 19.1 Å². The highest BCUT2D eigenvalue weighted by Crippen LogP contribution is 2.28. The van der Waals surface area contributed by atoms with Crippen LogP contribution in [0.2, 0.25) is 0 Å². The fraction of sp³-hybridized carbons (Fsp3) is 0.333. The molecule has 1 unspecified atom stereocenters. The molecule has 0 saturated heterocycles. The van der Waals surface area contributed by atoms with Gasteiger partial charge in [0, 0.05) is 19.7 Å². The maximum atomic E-state index is 12.1. The van der Waals surface area contributed by atoms with Gasteiger partial charge in [-0.25, -0.2) is 0 Å². The number of aromatic nitrogens is 1. The Bertz CT molecular complexity index is 755. The van der Waals surface area contributed by atoms with Gasteiger partial charge >= 0.3 is 0 Å². The van der Waals surface area contributed by atoms with E-state index in [1.165, 1.54) is 13.1 Å². The fourth-order valence-electron chi connectivity index (χ4n) is 2.35. The predicted molar refractivity (Wildman–Crippen MR) is 94.2 cm³/mol. The number of nitrogens with one attached hydrogen (secondary N) is 3. The van der Waals surface area contributed by atoms with Crippen molar-refractivity contribution in [3.05, 3.63) is 47.3 Å². The average molecular weight is 345 g/mol. The second-order valence-corrected chi connectivity index (χ2v) is 5.40. The van der Waals surface area contributed by atoms with Crippen LogP contribution in [-0.2, 0) is 0 Å². The number of amides is 2. The lowest BCUT2D eigenvalue weighted by Gasteiger charge is -2.15. The zero-order valence-corrected chi connectivity index (χ0v) is 14.8. The molecule has 0 fully saturated rings. The zero-order valence-electron chi connectivity index (χ0n) is 14.8. The molecule has 1 aromatic heterocycles. The standard InChI is InChI=1S/C18H23N3O4/c1-5-20-17(22)14-10-15(16(21-14)18(23)19-3)25-11(2)12-7-6-8-13(9-12)24-4/h6-11,21H,5H2,1-4H3,(H,19,23)(H,20,22). The quantitative estimate of drug-likeness (QED) is 0.718. The van der Waals surface area contributed by atoms with Crippen LogP contribution in [0.1, 0.15) is 46.5 Å². The van der Waals surface area contributed by atoms with E-state index in [2.05, 4.69) is 15.6 Å². The van der Waals surface area contributed by atoms with Crippen molar-refractivity contribution in [3.8, 4) is 11.5 Å². The first-order chi connectivity index (χ1) is 12.0. The number of aromatic amines is 1. The van der Waals surface area contributed by atoms with Crippen molar-refractivity contribution in [1.29, 1.82) is 0 Å². The Kier molecular flexibility index (Phi) is 6.05. The summed E-state index contributed by atoms with van der Waals surface area (Å²) >= 11 is 0. The predicted octanol–water partition coefficient (Wildman–Crippen LogP) is 2.27. The number of rotatable bonds is 7. The monoisotopic (exact) mass is 345 g/mol. The van der Waals surface area contributed by atoms with E-state index in [9.17, 15) is 9.59 Å². The van der Waals surface area contributed by atoms with E-state index in [4.69, 9.17) is 9.47 Å². The van der Waals surface area contributed by atoms with Gasteiger partial charge in [0.1, 0.15) is 23.2 Å². The second-order valence-electron chi connectivity index (χ2n) is 5.40. The number of H-pyrrole nitrogens is 1. The molecule has 7 nitrogen and oxygen atoms in total. The van der Waals surface area contributed by atoms with Gasteiger partial charge in [-0.2, -0.15) is 0 Å². The smallest absolute Gasteiger partial charge is 0.271 e. The molecular formula is C18H23N3O4. The Morgan fingerprint density at radius 1 is 1.24 bits per heavy atom. The van der Waals surface area contributed by atoms with E-state index in [-0.39, 0.29) is 29.3 Å². The van der Waals surface area contributed by atoms with Gasteiger partial charge in [0.15, 0.2) is 5.75 Å². The highest BCUT2D eigenvalue weighted by Gasteiger charge is 2.21. The fourth-order valence-corrected chi connectivity index (χ4v) is 2.35. The summed E-state index contributed by atoms with van der Waals surface area (Å²) in [5, 5.41) is 5.22. The lowest BCUT2D eigenvalue weighted by molar-refractivity contribution is 0.0951. The molecule has 134 valence electrons. The molecule has 1 atom stereocenters. The Morgan fingerprint density at radius 2 is 2.00 bits per heavy atom. The lowest BCUT2D eigenvalue weighted by Crippen LogP contribution is -2.23. The number of hydrogen-bond acceptors (Lipinski definition) is 4. The molecule has 0 saturated carbocycles. The molecule has 2 rings (SSSR count). The number of ether oxygens (including phenoxy) is 2. The number of benzene rings is 1. The number of hydrogen-bond donors (Lipinski definition) is 3. The van der Waals surface area contributed by atoms with Gasteiger partial charge in [0.25, 0.3) is 11.8 Å². The van der Waals surface area contributed by atoms with Crippen molar-refractivity contribution in [1.82, 2.24) is 15.6 Å². The summed E-state index contributed by atoms with van der Waals surface area (Å²) in [6.45, 7) is 4.17. The molecule has 25 heavy (non-hydrogen) atoms. The van der Waals surface area contributed by atoms with Gasteiger partial charge in [-0.15, -0.1) is 0 Å². The Morgan fingerprint density at radius 3 is 2.64 bits per heavy atom. The van der Waals surface area contributed by atoms with Crippen molar-refractivity contribution in [2.45, 2.75) is 20.0 Å². The Hall–Kier alpha value is -2.96. The van der Waals surface area contributed by atoms with Crippen LogP contribution in [0.5, 0.6) is 11.5 Å². The lowest BCUT2D eigenvalue weighted by atomic mass is 10.1. The van der Waals surface area contributed by atoms with Crippen LogP contribution in [0.15, 0.2) is 30.3 Å². The van der Waals surface area contributed by atoms with E-state index in [1.807, 2.05) is 38.1 Å². The van der Waals surface area contributed by atoms with Crippen LogP contribution in [0.4, 0.5) is 0 Å². The van der Waals surface area contributed by atoms with Crippen molar-refractivity contribution in [3.63, 3.8) is 0 Å². The SMILES string of the molecule is CCNC(=O)c1cc(OC(C)c2cccc(OC)c2)c(C(=O)NC)[nH]1. The molecular weight excluding hydrogens is 322 g/mol. The second kappa shape index (κ2) is 8.23. The summed E-state index contributed by atoms with van der Waals surface area (Å²) in [4.78, 5) is 26.9. The maximum absolute atomic E-state index is 12.1. The Labute approximate surface area is 146 Å². The molecule has 0 spiro atoms. The third-order valence-electron chi connectivity index (χ3n) is 3.68. The number of carbonyl (C=O) groups is 2. The molecule has 1 aromatic carbocycles. The van der Waals surface area contributed by atoms with Crippen molar-refractivity contribution in [2.24, 2.45) is 0 Å². The molecule has 0 aliphatic heterocycles. The van der Waals surface area contributed by atoms with Gasteiger partial charge in [-0.1, -0.05) is 12.1 Å². The van der Waals surface area contributed by atoms with Crippen molar-refractivity contribution in [2.75, 3.05) is 20.7 Å². The third-order valence-corrected chi connectivity index (χ3v) is 3.68. The summed E-state index contributed by atoms with van der Waals surface area (Å²) in [5.74, 6) is 0.382. The molecule has 0 radical (unpaired) electrons. The van der Waals surface area contributed by atoms with Crippen LogP contribution in [0.3, 0.4) is 0 Å². The molecule has 0 aliphatic carbocycles. The summed E-state index contributed by atoms with van der Waals surface area (Å²) < 4.78 is 11.2. The normalized spacial score (nSPS) is 11.5. The van der Waals surface area contributed by atoms with Crippen LogP contribution in [0.25, 0.3) is 0 Å². The maximum Gasteiger partial charge on any atom is 0.271 e. The first-order valence-corrected chi connectivity index (χ1v) is 8.04. The molecule has 0 aliphatic rings. The molecule has 2 aromatic rings. The van der Waals surface area contributed by atoms with E-state index >= 15 is 0 Å². The minimum atomic E-state index is -0.358. The van der Waals surface area contributed by atoms with Gasteiger partial charge in [-0.05, 0) is 31.5 Å². The van der Waals surface area contributed by atoms with Crippen LogP contribution in [0, 0.1) is 0 Å². The highest BCUT2D eigenvalue weighted by molar-refractivity contribution is 5.99. The molecule has 0 bridgehead atoms. The molecule has 1 heterocycles. The van der Waals surface area contributed by atoms with Gasteiger partial charge < -0.3 is 25.1 Å². The summed E-state index contributed by atoms with van der Waals surface area (Å²) in [6, 6.07) is 9.01. The average Bonchev–Trinajstić information content (AvgIpc) is 3.05. The first kappa shape index (κ1) is 18.4. The van der Waals surface area contributed by atoms with E-state index in [0.29, 0.717) is 12.3 Å². The zero-order chi connectivity index (χ0) is 18.4.